The quantitative estimate of drug-likeness (QED) is 0.614. The standard InChI is InChI=1S/C17H19N3O5S/c1-12-7-13(2)9-14(8-12)18-17(21)11-19(3)26(24,25)16-6-4-5-15(10-16)20(22)23/h4-10H,11H2,1-3H3,(H,18,21). The van der Waals surface area contributed by atoms with Gasteiger partial charge in [0.1, 0.15) is 0 Å². The number of anilines is 1. The van der Waals surface area contributed by atoms with Crippen molar-refractivity contribution in [3.63, 3.8) is 0 Å². The minimum absolute atomic E-state index is 0.242. The first-order chi connectivity index (χ1) is 12.1. The zero-order chi connectivity index (χ0) is 19.5. The van der Waals surface area contributed by atoms with Crippen molar-refractivity contribution >= 4 is 27.3 Å². The second-order valence-electron chi connectivity index (χ2n) is 5.94. The summed E-state index contributed by atoms with van der Waals surface area (Å²) in [5.41, 5.74) is 2.18. The van der Waals surface area contributed by atoms with Gasteiger partial charge in [-0.1, -0.05) is 12.1 Å². The molecule has 0 aliphatic heterocycles. The predicted molar refractivity (Wildman–Crippen MR) is 97.5 cm³/mol. The second kappa shape index (κ2) is 7.63. The number of rotatable bonds is 6. The number of amides is 1. The Bertz CT molecular complexity index is 936. The summed E-state index contributed by atoms with van der Waals surface area (Å²) >= 11 is 0. The van der Waals surface area contributed by atoms with Crippen LogP contribution in [-0.4, -0.2) is 37.1 Å². The van der Waals surface area contributed by atoms with Gasteiger partial charge >= 0.3 is 0 Å². The number of nitrogens with zero attached hydrogens (tertiary/aromatic N) is 2. The molecule has 0 fully saturated rings. The van der Waals surface area contributed by atoms with Gasteiger partial charge in [0.15, 0.2) is 0 Å². The lowest BCUT2D eigenvalue weighted by Gasteiger charge is -2.17. The molecule has 2 aromatic carbocycles. The highest BCUT2D eigenvalue weighted by atomic mass is 32.2. The zero-order valence-electron chi connectivity index (χ0n) is 14.6. The van der Waals surface area contributed by atoms with Crippen LogP contribution in [0.2, 0.25) is 0 Å². The summed E-state index contributed by atoms with van der Waals surface area (Å²) in [6.45, 7) is 3.36. The van der Waals surface area contributed by atoms with Crippen molar-refractivity contribution in [1.82, 2.24) is 4.31 Å². The van der Waals surface area contributed by atoms with Crippen LogP contribution in [-0.2, 0) is 14.8 Å². The van der Waals surface area contributed by atoms with Crippen LogP contribution < -0.4 is 5.32 Å². The minimum Gasteiger partial charge on any atom is -0.325 e. The summed E-state index contributed by atoms with van der Waals surface area (Å²) in [4.78, 5) is 22.1. The number of benzene rings is 2. The molecule has 0 atom stereocenters. The first-order valence-corrected chi connectivity index (χ1v) is 9.12. The van der Waals surface area contributed by atoms with E-state index in [4.69, 9.17) is 0 Å². The van der Waals surface area contributed by atoms with Gasteiger partial charge in [0, 0.05) is 24.9 Å². The summed E-state index contributed by atoms with van der Waals surface area (Å²) in [5, 5.41) is 13.5. The molecular weight excluding hydrogens is 358 g/mol. The van der Waals surface area contributed by atoms with Gasteiger partial charge in [-0.25, -0.2) is 8.42 Å². The molecule has 8 nitrogen and oxygen atoms in total. The SMILES string of the molecule is Cc1cc(C)cc(NC(=O)CN(C)S(=O)(=O)c2cccc([N+](=O)[O-])c2)c1. The highest BCUT2D eigenvalue weighted by molar-refractivity contribution is 7.89. The van der Waals surface area contributed by atoms with Crippen molar-refractivity contribution in [3.05, 3.63) is 63.7 Å². The summed E-state index contributed by atoms with van der Waals surface area (Å²) in [7, 11) is -2.79. The monoisotopic (exact) mass is 377 g/mol. The Labute approximate surface area is 151 Å². The van der Waals surface area contributed by atoms with E-state index in [1.54, 1.807) is 12.1 Å². The molecule has 0 saturated carbocycles. The highest BCUT2D eigenvalue weighted by Crippen LogP contribution is 2.20. The van der Waals surface area contributed by atoms with Crippen molar-refractivity contribution in [3.8, 4) is 0 Å². The lowest BCUT2D eigenvalue weighted by atomic mass is 10.1. The van der Waals surface area contributed by atoms with Crippen LogP contribution >= 0.6 is 0 Å². The maximum atomic E-state index is 12.5. The molecule has 2 rings (SSSR count). The molecule has 0 radical (unpaired) electrons. The van der Waals surface area contributed by atoms with E-state index in [-0.39, 0.29) is 10.6 Å². The van der Waals surface area contributed by atoms with E-state index in [0.717, 1.165) is 21.5 Å². The zero-order valence-corrected chi connectivity index (χ0v) is 15.4. The van der Waals surface area contributed by atoms with Gasteiger partial charge in [-0.2, -0.15) is 4.31 Å². The van der Waals surface area contributed by atoms with E-state index in [1.165, 1.54) is 25.2 Å². The van der Waals surface area contributed by atoms with E-state index in [0.29, 0.717) is 5.69 Å². The molecule has 9 heteroatoms. The Morgan fingerprint density at radius 3 is 2.35 bits per heavy atom. The molecule has 26 heavy (non-hydrogen) atoms. The fourth-order valence-corrected chi connectivity index (χ4v) is 3.64. The molecule has 0 aliphatic carbocycles. The summed E-state index contributed by atoms with van der Waals surface area (Å²) in [5.74, 6) is -0.508. The molecule has 0 aromatic heterocycles. The third kappa shape index (κ3) is 4.64. The number of carbonyl (C=O) groups excluding carboxylic acids is 1. The van der Waals surface area contributed by atoms with Crippen molar-refractivity contribution in [2.45, 2.75) is 18.7 Å². The number of aryl methyl sites for hydroxylation is 2. The van der Waals surface area contributed by atoms with Gasteiger partial charge in [-0.15, -0.1) is 0 Å². The smallest absolute Gasteiger partial charge is 0.270 e. The number of nitrogens with one attached hydrogen (secondary N) is 1. The number of hydrogen-bond acceptors (Lipinski definition) is 5. The number of non-ortho nitro benzene ring substituents is 1. The van der Waals surface area contributed by atoms with Crippen LogP contribution in [0.1, 0.15) is 11.1 Å². The van der Waals surface area contributed by atoms with Crippen LogP contribution in [0.3, 0.4) is 0 Å². The predicted octanol–water partition coefficient (Wildman–Crippen LogP) is 2.47. The largest absolute Gasteiger partial charge is 0.325 e. The number of nitro groups is 1. The topological polar surface area (TPSA) is 110 Å². The van der Waals surface area contributed by atoms with Crippen molar-refractivity contribution < 1.29 is 18.1 Å². The Hall–Kier alpha value is -2.78. The van der Waals surface area contributed by atoms with Gasteiger partial charge in [-0.05, 0) is 43.2 Å². The van der Waals surface area contributed by atoms with E-state index >= 15 is 0 Å². The molecule has 0 bridgehead atoms. The molecule has 0 heterocycles. The molecule has 1 N–H and O–H groups in total. The van der Waals surface area contributed by atoms with E-state index in [2.05, 4.69) is 5.32 Å². The average Bonchev–Trinajstić information content (AvgIpc) is 2.53. The molecular formula is C17H19N3O5S. The van der Waals surface area contributed by atoms with Crippen LogP contribution in [0.15, 0.2) is 47.4 Å². The molecule has 1 amide bonds. The second-order valence-corrected chi connectivity index (χ2v) is 7.98. The third-order valence-corrected chi connectivity index (χ3v) is 5.41. The van der Waals surface area contributed by atoms with E-state index < -0.39 is 27.4 Å². The van der Waals surface area contributed by atoms with Crippen LogP contribution in [0.5, 0.6) is 0 Å². The molecule has 138 valence electrons. The Balaban J connectivity index is 2.14. The van der Waals surface area contributed by atoms with Crippen molar-refractivity contribution in [2.75, 3.05) is 18.9 Å². The third-order valence-electron chi connectivity index (χ3n) is 3.61. The molecule has 0 saturated heterocycles. The average molecular weight is 377 g/mol. The Morgan fingerprint density at radius 2 is 1.77 bits per heavy atom. The van der Waals surface area contributed by atoms with Crippen LogP contribution in [0.25, 0.3) is 0 Å². The number of sulfonamides is 1. The van der Waals surface area contributed by atoms with Crippen LogP contribution in [0, 0.1) is 24.0 Å². The Morgan fingerprint density at radius 1 is 1.15 bits per heavy atom. The molecule has 2 aromatic rings. The summed E-state index contributed by atoms with van der Waals surface area (Å²) in [6, 6.07) is 10.2. The molecule has 0 unspecified atom stereocenters. The van der Waals surface area contributed by atoms with E-state index in [1.807, 2.05) is 19.9 Å². The number of likely N-dealkylation sites (N-methyl/N-ethyl adjacent to an activating group) is 1. The molecule has 0 aliphatic rings. The van der Waals surface area contributed by atoms with Gasteiger partial charge in [0.05, 0.1) is 16.4 Å². The lowest BCUT2D eigenvalue weighted by Crippen LogP contribution is -2.35. The summed E-state index contributed by atoms with van der Waals surface area (Å²) in [6.07, 6.45) is 0. The number of nitro benzene ring substituents is 1. The number of carbonyl (C=O) groups is 1. The maximum absolute atomic E-state index is 12.5. The van der Waals surface area contributed by atoms with Crippen LogP contribution in [0.4, 0.5) is 11.4 Å². The number of hydrogen-bond donors (Lipinski definition) is 1. The Kier molecular flexibility index (Phi) is 5.73. The van der Waals surface area contributed by atoms with Gasteiger partial charge in [0.25, 0.3) is 5.69 Å². The van der Waals surface area contributed by atoms with Crippen molar-refractivity contribution in [2.24, 2.45) is 0 Å². The van der Waals surface area contributed by atoms with E-state index in [9.17, 15) is 23.3 Å². The lowest BCUT2D eigenvalue weighted by molar-refractivity contribution is -0.385. The first-order valence-electron chi connectivity index (χ1n) is 7.68. The van der Waals surface area contributed by atoms with Gasteiger partial charge < -0.3 is 5.32 Å². The highest BCUT2D eigenvalue weighted by Gasteiger charge is 2.24. The minimum atomic E-state index is -4.03. The normalized spacial score (nSPS) is 11.4. The van der Waals surface area contributed by atoms with Gasteiger partial charge in [-0.3, -0.25) is 14.9 Å². The van der Waals surface area contributed by atoms with Gasteiger partial charge in [0.2, 0.25) is 15.9 Å². The first kappa shape index (κ1) is 19.5. The summed E-state index contributed by atoms with van der Waals surface area (Å²) < 4.78 is 25.9. The van der Waals surface area contributed by atoms with Crippen molar-refractivity contribution in [1.29, 1.82) is 0 Å². The molecule has 0 spiro atoms. The fraction of sp³-hybridized carbons (Fsp3) is 0.235. The maximum Gasteiger partial charge on any atom is 0.270 e. The fourth-order valence-electron chi connectivity index (χ4n) is 2.47.